The summed E-state index contributed by atoms with van der Waals surface area (Å²) in [5.74, 6) is 0. The summed E-state index contributed by atoms with van der Waals surface area (Å²) in [6.07, 6.45) is 2.14. The molecule has 0 N–H and O–H groups in total. The van der Waals surface area contributed by atoms with E-state index in [4.69, 9.17) is 0 Å². The minimum Gasteiger partial charge on any atom is -0.744 e. The number of para-hydroxylation sites is 1. The van der Waals surface area contributed by atoms with Crippen molar-refractivity contribution in [1.82, 2.24) is 0 Å². The van der Waals surface area contributed by atoms with Crippen molar-refractivity contribution in [1.29, 1.82) is 0 Å². The predicted molar refractivity (Wildman–Crippen MR) is 98.6 cm³/mol. The first-order chi connectivity index (χ1) is 11.4. The second kappa shape index (κ2) is 8.11. The van der Waals surface area contributed by atoms with Crippen LogP contribution in [-0.4, -0.2) is 19.2 Å². The number of fused-ring (bicyclic) bond motifs is 1. The fourth-order valence-corrected chi connectivity index (χ4v) is 4.65. The standard InChI is InChI=1S/C10H12NS2.C7H8O3S/c1-3-11-8-6-4-5-7-9(8)13-10(11)12-2;1-6-2-4-7(5-3-6)11(8,9)10/h4-7H,3H2,1-2H3;2-5H,1H3,(H,8,9,10)/q+1;/p-1. The molecule has 0 saturated heterocycles. The van der Waals surface area contributed by atoms with Crippen molar-refractivity contribution in [3.05, 3.63) is 54.1 Å². The van der Waals surface area contributed by atoms with Gasteiger partial charge in [-0.3, -0.25) is 0 Å². The van der Waals surface area contributed by atoms with Crippen molar-refractivity contribution in [2.24, 2.45) is 0 Å². The van der Waals surface area contributed by atoms with Gasteiger partial charge in [0.2, 0.25) is 5.52 Å². The number of aromatic nitrogens is 1. The first-order valence-corrected chi connectivity index (χ1v) is 10.8. The molecule has 0 unspecified atom stereocenters. The molecule has 0 bridgehead atoms. The lowest BCUT2D eigenvalue weighted by Gasteiger charge is -2.05. The summed E-state index contributed by atoms with van der Waals surface area (Å²) in [5, 5.41) is 0. The van der Waals surface area contributed by atoms with Gasteiger partial charge in [-0.2, -0.15) is 4.57 Å². The third-order valence-electron chi connectivity index (χ3n) is 3.37. The maximum absolute atomic E-state index is 10.4. The van der Waals surface area contributed by atoms with Crippen LogP contribution in [0.2, 0.25) is 0 Å². The Morgan fingerprint density at radius 3 is 2.29 bits per heavy atom. The molecular formula is C17H19NO3S3. The van der Waals surface area contributed by atoms with E-state index < -0.39 is 10.1 Å². The highest BCUT2D eigenvalue weighted by Gasteiger charge is 2.16. The Morgan fingerprint density at radius 2 is 1.75 bits per heavy atom. The molecule has 7 heteroatoms. The topological polar surface area (TPSA) is 61.1 Å². The van der Waals surface area contributed by atoms with Gasteiger partial charge >= 0.3 is 0 Å². The molecule has 3 rings (SSSR count). The van der Waals surface area contributed by atoms with Crippen molar-refractivity contribution in [2.75, 3.05) is 6.26 Å². The third-order valence-corrected chi connectivity index (χ3v) is 6.50. The highest BCUT2D eigenvalue weighted by molar-refractivity contribution is 8.00. The summed E-state index contributed by atoms with van der Waals surface area (Å²) in [5.41, 5.74) is 2.29. The lowest BCUT2D eigenvalue weighted by atomic mass is 10.2. The lowest BCUT2D eigenvalue weighted by molar-refractivity contribution is -0.698. The molecule has 0 aliphatic carbocycles. The molecule has 0 radical (unpaired) electrons. The molecule has 4 nitrogen and oxygen atoms in total. The summed E-state index contributed by atoms with van der Waals surface area (Å²) in [6, 6.07) is 14.4. The van der Waals surface area contributed by atoms with Crippen molar-refractivity contribution in [3.8, 4) is 0 Å². The second-order valence-electron chi connectivity index (χ2n) is 5.05. The van der Waals surface area contributed by atoms with Gasteiger partial charge in [0.05, 0.1) is 4.90 Å². The Balaban J connectivity index is 0.000000177. The molecule has 0 atom stereocenters. The van der Waals surface area contributed by atoms with E-state index in [1.165, 1.54) is 26.7 Å². The molecular weight excluding hydrogens is 362 g/mol. The van der Waals surface area contributed by atoms with E-state index in [2.05, 4.69) is 42.0 Å². The maximum Gasteiger partial charge on any atom is 0.298 e. The van der Waals surface area contributed by atoms with E-state index >= 15 is 0 Å². The quantitative estimate of drug-likeness (QED) is 0.393. The molecule has 0 aliphatic rings. The van der Waals surface area contributed by atoms with Crippen LogP contribution in [0.4, 0.5) is 0 Å². The summed E-state index contributed by atoms with van der Waals surface area (Å²) in [6.45, 7) is 5.07. The summed E-state index contributed by atoms with van der Waals surface area (Å²) >= 11 is 3.70. The Hall–Kier alpha value is -1.41. The van der Waals surface area contributed by atoms with Gasteiger partial charge < -0.3 is 4.55 Å². The van der Waals surface area contributed by atoms with E-state index in [0.29, 0.717) is 0 Å². The number of hydrogen-bond donors (Lipinski definition) is 0. The van der Waals surface area contributed by atoms with Crippen LogP contribution in [0.15, 0.2) is 57.8 Å². The van der Waals surface area contributed by atoms with Crippen LogP contribution in [-0.2, 0) is 16.7 Å². The van der Waals surface area contributed by atoms with Crippen LogP contribution in [0.25, 0.3) is 10.2 Å². The zero-order chi connectivity index (χ0) is 17.7. The van der Waals surface area contributed by atoms with Crippen LogP contribution >= 0.6 is 23.1 Å². The molecule has 3 aromatic rings. The van der Waals surface area contributed by atoms with E-state index in [1.54, 1.807) is 12.1 Å². The Labute approximate surface area is 150 Å². The number of nitrogens with zero attached hydrogens (tertiary/aromatic N) is 1. The molecule has 1 heterocycles. The molecule has 128 valence electrons. The SMILES string of the molecule is CC[n+]1c(SC)sc2ccccc21.Cc1ccc(S(=O)(=O)[O-])cc1. The van der Waals surface area contributed by atoms with Crippen LogP contribution in [0.5, 0.6) is 0 Å². The molecule has 0 saturated carbocycles. The normalized spacial score (nSPS) is 11.2. The lowest BCUT2D eigenvalue weighted by Crippen LogP contribution is -2.32. The summed E-state index contributed by atoms with van der Waals surface area (Å²) in [4.78, 5) is -0.178. The van der Waals surface area contributed by atoms with Crippen LogP contribution < -0.4 is 4.57 Å². The second-order valence-corrected chi connectivity index (χ2v) is 8.51. The number of benzene rings is 2. The number of rotatable bonds is 3. The van der Waals surface area contributed by atoms with Crippen LogP contribution in [0.1, 0.15) is 12.5 Å². The van der Waals surface area contributed by atoms with E-state index in [-0.39, 0.29) is 4.90 Å². The molecule has 2 aromatic carbocycles. The van der Waals surface area contributed by atoms with Gasteiger partial charge in [-0.1, -0.05) is 41.2 Å². The van der Waals surface area contributed by atoms with E-state index in [9.17, 15) is 13.0 Å². The van der Waals surface area contributed by atoms with Gasteiger partial charge in [0.25, 0.3) is 4.34 Å². The highest BCUT2D eigenvalue weighted by atomic mass is 32.2. The predicted octanol–water partition coefficient (Wildman–Crippen LogP) is 3.83. The van der Waals surface area contributed by atoms with E-state index in [1.807, 2.05) is 30.0 Å². The van der Waals surface area contributed by atoms with Crippen molar-refractivity contribution in [2.45, 2.75) is 29.6 Å². The largest absolute Gasteiger partial charge is 0.744 e. The number of aryl methyl sites for hydroxylation is 2. The summed E-state index contributed by atoms with van der Waals surface area (Å²) < 4.78 is 36.3. The van der Waals surface area contributed by atoms with Crippen molar-refractivity contribution in [3.63, 3.8) is 0 Å². The van der Waals surface area contributed by atoms with Crippen LogP contribution in [0.3, 0.4) is 0 Å². The fourth-order valence-electron chi connectivity index (χ4n) is 2.17. The molecule has 0 spiro atoms. The van der Waals surface area contributed by atoms with Crippen molar-refractivity contribution >= 4 is 43.4 Å². The van der Waals surface area contributed by atoms with Gasteiger partial charge in [0.15, 0.2) is 0 Å². The number of thioether (sulfide) groups is 1. The smallest absolute Gasteiger partial charge is 0.298 e. The number of hydrogen-bond acceptors (Lipinski definition) is 5. The minimum atomic E-state index is -4.27. The Morgan fingerprint density at radius 1 is 1.12 bits per heavy atom. The molecule has 0 aliphatic heterocycles. The van der Waals surface area contributed by atoms with Gasteiger partial charge in [-0.25, -0.2) is 8.42 Å². The van der Waals surface area contributed by atoms with Crippen LogP contribution in [0, 0.1) is 6.92 Å². The third kappa shape index (κ3) is 4.57. The Kier molecular flexibility index (Phi) is 6.40. The zero-order valence-corrected chi connectivity index (χ0v) is 16.2. The molecule has 0 fully saturated rings. The minimum absolute atomic E-state index is 0.178. The van der Waals surface area contributed by atoms with E-state index in [0.717, 1.165) is 12.1 Å². The molecule has 0 amide bonds. The van der Waals surface area contributed by atoms with Gasteiger partial charge in [0, 0.05) is 6.07 Å². The first-order valence-electron chi connectivity index (χ1n) is 7.34. The summed E-state index contributed by atoms with van der Waals surface area (Å²) in [7, 11) is -4.27. The average molecular weight is 382 g/mol. The zero-order valence-electron chi connectivity index (χ0n) is 13.7. The number of thiazole rings is 1. The molecule has 24 heavy (non-hydrogen) atoms. The van der Waals surface area contributed by atoms with Gasteiger partial charge in [-0.05, 0) is 50.1 Å². The molecule has 1 aromatic heterocycles. The van der Waals surface area contributed by atoms with Gasteiger partial charge in [-0.15, -0.1) is 0 Å². The van der Waals surface area contributed by atoms with Gasteiger partial charge in [0.1, 0.15) is 21.4 Å². The fraction of sp³-hybridized carbons (Fsp3) is 0.235. The monoisotopic (exact) mass is 381 g/mol. The average Bonchev–Trinajstić information content (AvgIpc) is 2.92. The maximum atomic E-state index is 10.4. The van der Waals surface area contributed by atoms with Crippen molar-refractivity contribution < 1.29 is 17.5 Å². The highest BCUT2D eigenvalue weighted by Crippen LogP contribution is 2.25. The first kappa shape index (κ1) is 18.9. The Bertz CT molecular complexity index is 916.